The summed E-state index contributed by atoms with van der Waals surface area (Å²) in [6.45, 7) is 2.30. The molecule has 7 nitrogen and oxygen atoms in total. The molecule has 0 saturated carbocycles. The summed E-state index contributed by atoms with van der Waals surface area (Å²) in [5.41, 5.74) is 3.35. The average Bonchev–Trinajstić information content (AvgIpc) is 3.41. The van der Waals surface area contributed by atoms with Crippen LogP contribution in [-0.2, 0) is 4.74 Å². The fourth-order valence-electron chi connectivity index (χ4n) is 3.57. The number of benzene rings is 2. The van der Waals surface area contributed by atoms with E-state index in [1.165, 1.54) is 11.3 Å². The summed E-state index contributed by atoms with van der Waals surface area (Å²) in [6.07, 6.45) is 1.86. The monoisotopic (exact) mass is 466 g/mol. The molecule has 1 aliphatic rings. The molecule has 0 spiro atoms. The lowest BCUT2D eigenvalue weighted by atomic mass is 10.1. The van der Waals surface area contributed by atoms with Gasteiger partial charge in [0.05, 0.1) is 18.9 Å². The smallest absolute Gasteiger partial charge is 0.271 e. The molecule has 0 bridgehead atoms. The van der Waals surface area contributed by atoms with Crippen molar-refractivity contribution in [2.75, 3.05) is 31.6 Å². The number of rotatable bonds is 4. The van der Waals surface area contributed by atoms with Crippen molar-refractivity contribution in [3.8, 4) is 11.3 Å². The summed E-state index contributed by atoms with van der Waals surface area (Å²) in [6, 6.07) is 14.2. The van der Waals surface area contributed by atoms with Crippen LogP contribution in [0.25, 0.3) is 16.2 Å². The minimum Gasteiger partial charge on any atom is -0.378 e. The van der Waals surface area contributed by atoms with Crippen molar-refractivity contribution in [1.82, 2.24) is 14.3 Å². The van der Waals surface area contributed by atoms with Gasteiger partial charge < -0.3 is 15.0 Å². The highest BCUT2D eigenvalue weighted by Crippen LogP contribution is 2.26. The number of nitrogens with zero attached hydrogens (tertiary/aromatic N) is 3. The van der Waals surface area contributed by atoms with E-state index in [2.05, 4.69) is 10.3 Å². The number of thiazole rings is 1. The fraction of sp³-hybridized carbons (Fsp3) is 0.174. The Morgan fingerprint density at radius 3 is 2.66 bits per heavy atom. The number of hydrogen-bond donors (Lipinski definition) is 1. The summed E-state index contributed by atoms with van der Waals surface area (Å²) in [7, 11) is 0. The highest BCUT2D eigenvalue weighted by Gasteiger charge is 2.22. The lowest BCUT2D eigenvalue weighted by Gasteiger charge is -2.26. The van der Waals surface area contributed by atoms with Gasteiger partial charge in [-0.25, -0.2) is 4.98 Å². The minimum atomic E-state index is -0.219. The lowest BCUT2D eigenvalue weighted by Crippen LogP contribution is -2.41. The molecule has 1 fully saturated rings. The number of imidazole rings is 1. The Morgan fingerprint density at radius 2 is 1.88 bits per heavy atom. The van der Waals surface area contributed by atoms with E-state index in [1.54, 1.807) is 29.2 Å². The number of carbonyl (C=O) groups excluding carboxylic acids is 2. The summed E-state index contributed by atoms with van der Waals surface area (Å²) >= 11 is 7.32. The van der Waals surface area contributed by atoms with E-state index in [0.29, 0.717) is 48.3 Å². The number of anilines is 1. The number of morpholine rings is 1. The Hall–Kier alpha value is -3.20. The SMILES string of the molecule is O=C(Nc1cccc(-c2cn3c(C(=O)N4CCOCC4)csc3n2)c1)c1ccc(Cl)cc1. The van der Waals surface area contributed by atoms with Crippen LogP contribution in [0.15, 0.2) is 60.1 Å². The molecular weight excluding hydrogens is 448 g/mol. The quantitative estimate of drug-likeness (QED) is 0.482. The third-order valence-electron chi connectivity index (χ3n) is 5.25. The molecule has 5 rings (SSSR count). The van der Waals surface area contributed by atoms with Crippen molar-refractivity contribution in [3.63, 3.8) is 0 Å². The molecule has 0 unspecified atom stereocenters. The second-order valence-corrected chi connectivity index (χ2v) is 8.62. The third-order valence-corrected chi connectivity index (χ3v) is 6.34. The first-order valence-electron chi connectivity index (χ1n) is 10.1. The number of ether oxygens (including phenoxy) is 1. The van der Waals surface area contributed by atoms with Gasteiger partial charge in [-0.1, -0.05) is 23.7 Å². The van der Waals surface area contributed by atoms with Gasteiger partial charge >= 0.3 is 0 Å². The van der Waals surface area contributed by atoms with Gasteiger partial charge in [-0.3, -0.25) is 14.0 Å². The minimum absolute atomic E-state index is 0.0209. The van der Waals surface area contributed by atoms with E-state index in [1.807, 2.05) is 40.2 Å². The maximum Gasteiger partial charge on any atom is 0.271 e. The molecule has 1 saturated heterocycles. The third kappa shape index (κ3) is 4.12. The Morgan fingerprint density at radius 1 is 1.09 bits per heavy atom. The standard InChI is InChI=1S/C23H19ClN4O3S/c24-17-6-4-15(5-7-17)21(29)25-18-3-1-2-16(12-18)19-13-28-20(14-32-23(28)26-19)22(30)27-8-10-31-11-9-27/h1-7,12-14H,8-11H2,(H,25,29). The number of carbonyl (C=O) groups is 2. The Bertz CT molecular complexity index is 1290. The van der Waals surface area contributed by atoms with E-state index in [9.17, 15) is 9.59 Å². The second kappa shape index (κ2) is 8.74. The number of halogens is 1. The Labute approximate surface area is 193 Å². The maximum atomic E-state index is 12.9. The molecular formula is C23H19ClN4O3S. The molecule has 1 aliphatic heterocycles. The topological polar surface area (TPSA) is 75.9 Å². The van der Waals surface area contributed by atoms with Crippen LogP contribution in [0.1, 0.15) is 20.8 Å². The molecule has 0 radical (unpaired) electrons. The van der Waals surface area contributed by atoms with E-state index in [-0.39, 0.29) is 11.8 Å². The molecule has 9 heteroatoms. The molecule has 3 heterocycles. The molecule has 1 N–H and O–H groups in total. The molecule has 4 aromatic rings. The van der Waals surface area contributed by atoms with Crippen LogP contribution in [0, 0.1) is 0 Å². The van der Waals surface area contributed by atoms with Gasteiger partial charge in [0.25, 0.3) is 11.8 Å². The number of fused-ring (bicyclic) bond motifs is 1. The van der Waals surface area contributed by atoms with Crippen LogP contribution in [0.4, 0.5) is 5.69 Å². The zero-order valence-corrected chi connectivity index (χ0v) is 18.5. The zero-order valence-electron chi connectivity index (χ0n) is 17.0. The van der Waals surface area contributed by atoms with E-state index in [4.69, 9.17) is 16.3 Å². The maximum absolute atomic E-state index is 12.9. The van der Waals surface area contributed by atoms with Crippen LogP contribution in [0.5, 0.6) is 0 Å². The van der Waals surface area contributed by atoms with Gasteiger partial charge in [0.1, 0.15) is 5.69 Å². The first kappa shape index (κ1) is 20.7. The number of hydrogen-bond acceptors (Lipinski definition) is 5. The van der Waals surface area contributed by atoms with Crippen LogP contribution < -0.4 is 5.32 Å². The van der Waals surface area contributed by atoms with E-state index >= 15 is 0 Å². The lowest BCUT2D eigenvalue weighted by molar-refractivity contribution is 0.0298. The predicted octanol–water partition coefficient (Wildman–Crippen LogP) is 4.44. The number of aromatic nitrogens is 2. The van der Waals surface area contributed by atoms with E-state index < -0.39 is 0 Å². The second-order valence-electron chi connectivity index (χ2n) is 7.35. The van der Waals surface area contributed by atoms with Crippen molar-refractivity contribution < 1.29 is 14.3 Å². The molecule has 32 heavy (non-hydrogen) atoms. The molecule has 0 aliphatic carbocycles. The number of nitrogens with one attached hydrogen (secondary N) is 1. The summed E-state index contributed by atoms with van der Waals surface area (Å²) in [4.78, 5) is 32.7. The summed E-state index contributed by atoms with van der Waals surface area (Å²) in [5, 5.41) is 5.32. The van der Waals surface area contributed by atoms with Crippen LogP contribution in [0.2, 0.25) is 5.02 Å². The molecule has 2 aromatic heterocycles. The molecule has 162 valence electrons. The Balaban J connectivity index is 1.38. The average molecular weight is 467 g/mol. The van der Waals surface area contributed by atoms with Crippen molar-refractivity contribution >= 4 is 45.4 Å². The highest BCUT2D eigenvalue weighted by molar-refractivity contribution is 7.15. The Kier molecular flexibility index (Phi) is 5.65. The van der Waals surface area contributed by atoms with Crippen LogP contribution >= 0.6 is 22.9 Å². The molecule has 0 atom stereocenters. The zero-order chi connectivity index (χ0) is 22.1. The van der Waals surface area contributed by atoms with E-state index in [0.717, 1.165) is 16.2 Å². The van der Waals surface area contributed by atoms with Crippen molar-refractivity contribution in [1.29, 1.82) is 0 Å². The van der Waals surface area contributed by atoms with Crippen LogP contribution in [-0.4, -0.2) is 52.4 Å². The number of amides is 2. The summed E-state index contributed by atoms with van der Waals surface area (Å²) < 4.78 is 7.17. The largest absolute Gasteiger partial charge is 0.378 e. The fourth-order valence-corrected chi connectivity index (χ4v) is 4.54. The van der Waals surface area contributed by atoms with Gasteiger partial charge in [0, 0.05) is 46.5 Å². The molecule has 2 aromatic carbocycles. The first-order valence-corrected chi connectivity index (χ1v) is 11.4. The van der Waals surface area contributed by atoms with Gasteiger partial charge in [-0.2, -0.15) is 0 Å². The van der Waals surface area contributed by atoms with Gasteiger partial charge in [-0.15, -0.1) is 11.3 Å². The highest BCUT2D eigenvalue weighted by atomic mass is 35.5. The van der Waals surface area contributed by atoms with Crippen molar-refractivity contribution in [3.05, 3.63) is 76.4 Å². The predicted molar refractivity (Wildman–Crippen MR) is 125 cm³/mol. The van der Waals surface area contributed by atoms with Crippen molar-refractivity contribution in [2.45, 2.75) is 0 Å². The summed E-state index contributed by atoms with van der Waals surface area (Å²) in [5.74, 6) is -0.240. The normalized spacial score (nSPS) is 14.0. The van der Waals surface area contributed by atoms with Gasteiger partial charge in [-0.05, 0) is 36.4 Å². The van der Waals surface area contributed by atoms with Crippen LogP contribution in [0.3, 0.4) is 0 Å². The van der Waals surface area contributed by atoms with Gasteiger partial charge in [0.15, 0.2) is 4.96 Å². The first-order chi connectivity index (χ1) is 15.6. The van der Waals surface area contributed by atoms with Gasteiger partial charge in [0.2, 0.25) is 0 Å². The van der Waals surface area contributed by atoms with Crippen molar-refractivity contribution in [2.24, 2.45) is 0 Å². The molecule has 2 amide bonds.